The van der Waals surface area contributed by atoms with E-state index in [1.807, 2.05) is 19.9 Å². The molecule has 0 aliphatic heterocycles. The number of hydrogen-bond acceptors (Lipinski definition) is 5. The van der Waals surface area contributed by atoms with Crippen LogP contribution in [0.5, 0.6) is 0 Å². The van der Waals surface area contributed by atoms with Crippen molar-refractivity contribution in [2.45, 2.75) is 26.8 Å². The Morgan fingerprint density at radius 1 is 1.33 bits per heavy atom. The zero-order chi connectivity index (χ0) is 19.8. The third-order valence-corrected chi connectivity index (χ3v) is 4.95. The fourth-order valence-corrected chi connectivity index (χ4v) is 3.31. The van der Waals surface area contributed by atoms with Gasteiger partial charge in [-0.2, -0.15) is 0 Å². The molecule has 0 spiro atoms. The number of anilines is 1. The van der Waals surface area contributed by atoms with Gasteiger partial charge in [-0.15, -0.1) is 11.3 Å². The first-order valence-corrected chi connectivity index (χ1v) is 9.38. The minimum atomic E-state index is -0.954. The summed E-state index contributed by atoms with van der Waals surface area (Å²) in [5.74, 6) is -0.329. The van der Waals surface area contributed by atoms with E-state index in [1.165, 1.54) is 4.88 Å². The molecule has 2 N–H and O–H groups in total. The number of nitrogens with zero attached hydrogens (tertiary/aromatic N) is 2. The number of carbonyl (C=O) groups is 1. The Morgan fingerprint density at radius 3 is 2.56 bits per heavy atom. The van der Waals surface area contributed by atoms with Crippen molar-refractivity contribution >= 4 is 41.5 Å². The third kappa shape index (κ3) is 5.49. The Balaban J connectivity index is 2.21. The van der Waals surface area contributed by atoms with Crippen molar-refractivity contribution in [1.82, 2.24) is 0 Å². The maximum absolute atomic E-state index is 11.0. The second-order valence-electron chi connectivity index (χ2n) is 5.80. The fraction of sp³-hybridized carbons (Fsp3) is 0.190. The molecule has 1 aromatic heterocycles. The predicted molar refractivity (Wildman–Crippen MR) is 115 cm³/mol. The van der Waals surface area contributed by atoms with Gasteiger partial charge in [0.15, 0.2) is 0 Å². The van der Waals surface area contributed by atoms with Crippen LogP contribution >= 0.6 is 11.3 Å². The van der Waals surface area contributed by atoms with Gasteiger partial charge in [0.05, 0.1) is 12.1 Å². The number of aliphatic imine (C=N–C) groups is 2. The third-order valence-electron chi connectivity index (χ3n) is 4.01. The van der Waals surface area contributed by atoms with Gasteiger partial charge in [0.1, 0.15) is 5.82 Å². The fourth-order valence-electron chi connectivity index (χ4n) is 2.52. The molecule has 0 amide bonds. The van der Waals surface area contributed by atoms with Crippen LogP contribution in [0, 0.1) is 0 Å². The van der Waals surface area contributed by atoms with Crippen LogP contribution in [0.1, 0.15) is 41.1 Å². The van der Waals surface area contributed by atoms with Crippen LogP contribution in [0.3, 0.4) is 0 Å². The second kappa shape index (κ2) is 9.64. The topological polar surface area (TPSA) is 74.0 Å². The van der Waals surface area contributed by atoms with Crippen molar-refractivity contribution in [3.63, 3.8) is 0 Å². The van der Waals surface area contributed by atoms with E-state index in [0.29, 0.717) is 12.4 Å². The Labute approximate surface area is 163 Å². The summed E-state index contributed by atoms with van der Waals surface area (Å²) in [7, 11) is 0. The predicted octanol–water partition coefficient (Wildman–Crippen LogP) is 5.48. The number of carboxylic acids is 1. The van der Waals surface area contributed by atoms with E-state index in [4.69, 9.17) is 10.1 Å². The maximum Gasteiger partial charge on any atom is 0.335 e. The van der Waals surface area contributed by atoms with Crippen LogP contribution in [0.2, 0.25) is 0 Å². The van der Waals surface area contributed by atoms with E-state index in [1.54, 1.807) is 35.6 Å². The molecule has 0 unspecified atom stereocenters. The smallest absolute Gasteiger partial charge is 0.335 e. The molecular formula is C21H23N3O2S. The number of carboxylic acid groups (broad SMARTS) is 1. The maximum atomic E-state index is 11.0. The van der Waals surface area contributed by atoms with Gasteiger partial charge < -0.3 is 10.4 Å². The van der Waals surface area contributed by atoms with Crippen molar-refractivity contribution < 1.29 is 9.90 Å². The molecule has 0 aliphatic rings. The van der Waals surface area contributed by atoms with E-state index in [9.17, 15) is 4.79 Å². The lowest BCUT2D eigenvalue weighted by Crippen LogP contribution is -2.08. The second-order valence-corrected chi connectivity index (χ2v) is 6.79. The van der Waals surface area contributed by atoms with Crippen LogP contribution in [-0.4, -0.2) is 23.5 Å². The molecule has 0 aliphatic carbocycles. The summed E-state index contributed by atoms with van der Waals surface area (Å²) in [6.07, 6.45) is 2.57. The van der Waals surface area contributed by atoms with E-state index in [-0.39, 0.29) is 5.56 Å². The van der Waals surface area contributed by atoms with Gasteiger partial charge in [-0.05, 0) is 61.3 Å². The Kier molecular flexibility index (Phi) is 7.25. The number of rotatable bonds is 9. The Morgan fingerprint density at radius 2 is 2.04 bits per heavy atom. The van der Waals surface area contributed by atoms with Gasteiger partial charge in [0.25, 0.3) is 0 Å². The van der Waals surface area contributed by atoms with Crippen LogP contribution in [-0.2, 0) is 6.54 Å². The number of aromatic carboxylic acids is 1. The summed E-state index contributed by atoms with van der Waals surface area (Å²) in [5.41, 5.74) is 3.95. The number of hydrogen-bond donors (Lipinski definition) is 2. The lowest BCUT2D eigenvalue weighted by atomic mass is 10.1. The first kappa shape index (κ1) is 20.3. The normalized spacial score (nSPS) is 12.3. The summed E-state index contributed by atoms with van der Waals surface area (Å²) in [6, 6.07) is 8.59. The number of allylic oxidation sites excluding steroid dienone is 1. The highest BCUT2D eigenvalue weighted by molar-refractivity contribution is 7.10. The van der Waals surface area contributed by atoms with Gasteiger partial charge in [-0.3, -0.25) is 4.99 Å². The molecule has 1 aromatic carbocycles. The highest BCUT2D eigenvalue weighted by atomic mass is 32.1. The summed E-state index contributed by atoms with van der Waals surface area (Å²) in [5, 5.41) is 14.3. The van der Waals surface area contributed by atoms with Crippen LogP contribution < -0.4 is 5.32 Å². The van der Waals surface area contributed by atoms with Crippen molar-refractivity contribution in [1.29, 1.82) is 0 Å². The van der Waals surface area contributed by atoms with Gasteiger partial charge in [-0.25, -0.2) is 9.79 Å². The lowest BCUT2D eigenvalue weighted by molar-refractivity contribution is 0.0697. The monoisotopic (exact) mass is 381 g/mol. The lowest BCUT2D eigenvalue weighted by Gasteiger charge is -2.13. The molecule has 0 atom stereocenters. The van der Waals surface area contributed by atoms with Crippen LogP contribution in [0.4, 0.5) is 5.69 Å². The number of benzene rings is 1. The molecule has 27 heavy (non-hydrogen) atoms. The summed E-state index contributed by atoms with van der Waals surface area (Å²) in [6.45, 7) is 12.0. The van der Waals surface area contributed by atoms with E-state index < -0.39 is 5.97 Å². The molecule has 0 bridgehead atoms. The van der Waals surface area contributed by atoms with Crippen LogP contribution in [0.25, 0.3) is 6.08 Å². The standard InChI is InChI=1S/C21H23N3O2S/c1-5-15-11-18(27-13-15)12-23-14(3)19(6-2)20(22-4)24-17-9-7-16(8-10-17)21(25)26/h5,7-11,13,24H,1,4,6,12H2,2-3H3,(H,25,26)/b20-19+,23-14?. The number of thiophene rings is 1. The minimum absolute atomic E-state index is 0.237. The SMILES string of the molecule is C=Cc1csc(CN=C(C)/C(CC)=C(\N=C)Nc2ccc(C(=O)O)cc2)c1. The molecule has 2 aromatic rings. The zero-order valence-corrected chi connectivity index (χ0v) is 16.3. The van der Waals surface area contributed by atoms with Gasteiger partial charge >= 0.3 is 5.97 Å². The van der Waals surface area contributed by atoms with Crippen molar-refractivity contribution in [2.75, 3.05) is 5.32 Å². The van der Waals surface area contributed by atoms with Gasteiger partial charge in [-0.1, -0.05) is 19.6 Å². The van der Waals surface area contributed by atoms with E-state index >= 15 is 0 Å². The summed E-state index contributed by atoms with van der Waals surface area (Å²) in [4.78, 5) is 20.9. The molecule has 2 rings (SSSR count). The molecular weight excluding hydrogens is 358 g/mol. The molecule has 0 saturated heterocycles. The molecule has 140 valence electrons. The quantitative estimate of drug-likeness (QED) is 0.565. The molecule has 0 radical (unpaired) electrons. The van der Waals surface area contributed by atoms with Gasteiger partial charge in [0, 0.05) is 21.8 Å². The minimum Gasteiger partial charge on any atom is -0.478 e. The first-order chi connectivity index (χ1) is 13.0. The molecule has 5 nitrogen and oxygen atoms in total. The van der Waals surface area contributed by atoms with E-state index in [0.717, 1.165) is 29.0 Å². The van der Waals surface area contributed by atoms with Crippen molar-refractivity contribution in [3.8, 4) is 0 Å². The van der Waals surface area contributed by atoms with Crippen molar-refractivity contribution in [3.05, 3.63) is 69.7 Å². The van der Waals surface area contributed by atoms with Gasteiger partial charge in [0.2, 0.25) is 0 Å². The zero-order valence-electron chi connectivity index (χ0n) is 15.5. The number of nitrogens with one attached hydrogen (secondary N) is 1. The molecule has 6 heteroatoms. The average Bonchev–Trinajstić information content (AvgIpc) is 3.14. The van der Waals surface area contributed by atoms with Crippen LogP contribution in [0.15, 0.2) is 63.7 Å². The van der Waals surface area contributed by atoms with Crippen molar-refractivity contribution in [2.24, 2.45) is 9.98 Å². The molecule has 0 saturated carbocycles. The Hall–Kier alpha value is -2.99. The highest BCUT2D eigenvalue weighted by Crippen LogP contribution is 2.20. The summed E-state index contributed by atoms with van der Waals surface area (Å²) >= 11 is 1.66. The Bertz CT molecular complexity index is 892. The molecule has 1 heterocycles. The molecule has 0 fully saturated rings. The summed E-state index contributed by atoms with van der Waals surface area (Å²) < 4.78 is 0. The largest absolute Gasteiger partial charge is 0.478 e. The highest BCUT2D eigenvalue weighted by Gasteiger charge is 2.09. The first-order valence-electron chi connectivity index (χ1n) is 8.50. The van der Waals surface area contributed by atoms with E-state index in [2.05, 4.69) is 35.1 Å². The average molecular weight is 382 g/mol.